The maximum Gasteiger partial charge on any atom is 0.224 e. The Morgan fingerprint density at radius 1 is 0.913 bits per heavy atom. The summed E-state index contributed by atoms with van der Waals surface area (Å²) in [5.41, 5.74) is 2.56. The third kappa shape index (κ3) is 3.73. The molecule has 0 aliphatic carbocycles. The molecule has 0 bridgehead atoms. The second kappa shape index (κ2) is 6.86. The molecule has 1 aromatic heterocycles. The van der Waals surface area contributed by atoms with E-state index in [1.165, 1.54) is 0 Å². The predicted molar refractivity (Wildman–Crippen MR) is 96.8 cm³/mol. The first kappa shape index (κ1) is 15.6. The van der Waals surface area contributed by atoms with Crippen molar-refractivity contribution in [2.45, 2.75) is 0 Å². The minimum atomic E-state index is 0.527. The number of rotatable bonds is 4. The largest absolute Gasteiger partial charge is 0.357 e. The van der Waals surface area contributed by atoms with E-state index in [2.05, 4.69) is 20.6 Å². The van der Waals surface area contributed by atoms with Crippen LogP contribution in [-0.4, -0.2) is 17.0 Å². The smallest absolute Gasteiger partial charge is 0.224 e. The van der Waals surface area contributed by atoms with Crippen molar-refractivity contribution in [1.82, 2.24) is 9.97 Å². The molecule has 4 nitrogen and oxygen atoms in total. The van der Waals surface area contributed by atoms with E-state index in [1.807, 2.05) is 42.5 Å². The minimum absolute atomic E-state index is 0.527. The first-order valence-corrected chi connectivity index (χ1v) is 7.75. The summed E-state index contributed by atoms with van der Waals surface area (Å²) in [6, 6.07) is 17.1. The monoisotopic (exact) mass is 344 g/mol. The molecule has 0 atom stereocenters. The summed E-state index contributed by atoms with van der Waals surface area (Å²) in [5.74, 6) is 1.17. The van der Waals surface area contributed by atoms with Gasteiger partial charge in [0.1, 0.15) is 5.82 Å². The first-order chi connectivity index (χ1) is 11.2. The molecular weight excluding hydrogens is 331 g/mol. The fraction of sp³-hybridized carbons (Fsp3) is 0.0588. The van der Waals surface area contributed by atoms with E-state index in [0.717, 1.165) is 16.9 Å². The molecule has 3 aromatic rings. The summed E-state index contributed by atoms with van der Waals surface area (Å²) in [7, 11) is 1.78. The molecule has 0 saturated carbocycles. The molecule has 0 aliphatic heterocycles. The van der Waals surface area contributed by atoms with Crippen LogP contribution in [0.1, 0.15) is 0 Å². The van der Waals surface area contributed by atoms with Crippen LogP contribution in [0.15, 0.2) is 54.6 Å². The van der Waals surface area contributed by atoms with Gasteiger partial charge in [-0.3, -0.25) is 0 Å². The number of anilines is 3. The molecule has 0 unspecified atom stereocenters. The molecule has 0 amide bonds. The third-order valence-corrected chi connectivity index (χ3v) is 3.76. The molecule has 2 N–H and O–H groups in total. The molecule has 0 aliphatic rings. The lowest BCUT2D eigenvalue weighted by molar-refractivity contribution is 1.15. The lowest BCUT2D eigenvalue weighted by Gasteiger charge is -2.11. The summed E-state index contributed by atoms with van der Waals surface area (Å²) in [5, 5.41) is 7.29. The molecule has 3 rings (SSSR count). The Balaban J connectivity index is 1.99. The molecule has 23 heavy (non-hydrogen) atoms. The maximum absolute atomic E-state index is 6.20. The minimum Gasteiger partial charge on any atom is -0.357 e. The fourth-order valence-electron chi connectivity index (χ4n) is 2.11. The van der Waals surface area contributed by atoms with Crippen molar-refractivity contribution in [2.24, 2.45) is 0 Å². The predicted octanol–water partition coefficient (Wildman–Crippen LogP) is 5.24. The van der Waals surface area contributed by atoms with Gasteiger partial charge in [-0.1, -0.05) is 53.5 Å². The van der Waals surface area contributed by atoms with Crippen molar-refractivity contribution in [3.63, 3.8) is 0 Å². The second-order valence-corrected chi connectivity index (χ2v) is 5.67. The third-order valence-electron chi connectivity index (χ3n) is 3.21. The average molecular weight is 345 g/mol. The van der Waals surface area contributed by atoms with Crippen LogP contribution in [0.25, 0.3) is 11.3 Å². The number of nitrogens with one attached hydrogen (secondary N) is 2. The van der Waals surface area contributed by atoms with Gasteiger partial charge in [0.05, 0.1) is 16.4 Å². The molecule has 1 heterocycles. The Labute approximate surface area is 144 Å². The number of hydrogen-bond donors (Lipinski definition) is 2. The van der Waals surface area contributed by atoms with Gasteiger partial charge in [0.25, 0.3) is 0 Å². The zero-order chi connectivity index (χ0) is 16.2. The molecular formula is C17H14Cl2N4. The molecule has 2 aromatic carbocycles. The molecule has 0 radical (unpaired) electrons. The highest BCUT2D eigenvalue weighted by Gasteiger charge is 2.08. The summed E-state index contributed by atoms with van der Waals surface area (Å²) in [4.78, 5) is 8.90. The Morgan fingerprint density at radius 2 is 1.70 bits per heavy atom. The quantitative estimate of drug-likeness (QED) is 0.679. The van der Waals surface area contributed by atoms with Gasteiger partial charge < -0.3 is 10.6 Å². The van der Waals surface area contributed by atoms with E-state index in [9.17, 15) is 0 Å². The Morgan fingerprint density at radius 3 is 2.39 bits per heavy atom. The van der Waals surface area contributed by atoms with Gasteiger partial charge in [0.2, 0.25) is 5.95 Å². The van der Waals surface area contributed by atoms with Crippen LogP contribution >= 0.6 is 23.2 Å². The first-order valence-electron chi connectivity index (χ1n) is 7.00. The highest BCUT2D eigenvalue weighted by Crippen LogP contribution is 2.29. The summed E-state index contributed by atoms with van der Waals surface area (Å²) in [6.07, 6.45) is 0. The highest BCUT2D eigenvalue weighted by molar-refractivity contribution is 6.36. The van der Waals surface area contributed by atoms with Crippen LogP contribution in [0.3, 0.4) is 0 Å². The van der Waals surface area contributed by atoms with E-state index in [0.29, 0.717) is 21.8 Å². The van der Waals surface area contributed by atoms with Crippen LogP contribution in [-0.2, 0) is 0 Å². The van der Waals surface area contributed by atoms with Crippen LogP contribution in [0.4, 0.5) is 17.5 Å². The lowest BCUT2D eigenvalue weighted by Crippen LogP contribution is -2.02. The van der Waals surface area contributed by atoms with Crippen LogP contribution < -0.4 is 10.6 Å². The zero-order valence-corrected chi connectivity index (χ0v) is 13.9. The summed E-state index contributed by atoms with van der Waals surface area (Å²) in [6.45, 7) is 0. The topological polar surface area (TPSA) is 49.8 Å². The molecule has 116 valence electrons. The van der Waals surface area contributed by atoms with Crippen molar-refractivity contribution < 1.29 is 0 Å². The number of aromatic nitrogens is 2. The van der Waals surface area contributed by atoms with E-state index < -0.39 is 0 Å². The summed E-state index contributed by atoms with van der Waals surface area (Å²) < 4.78 is 0. The Kier molecular flexibility index (Phi) is 4.65. The van der Waals surface area contributed by atoms with E-state index in [1.54, 1.807) is 19.2 Å². The van der Waals surface area contributed by atoms with Gasteiger partial charge in [-0.05, 0) is 18.2 Å². The SMILES string of the molecule is CNc1nc(Nc2ccc(Cl)cc2Cl)cc(-c2ccccc2)n1. The highest BCUT2D eigenvalue weighted by atomic mass is 35.5. The Bertz CT molecular complexity index is 822. The van der Waals surface area contributed by atoms with Crippen molar-refractivity contribution in [3.8, 4) is 11.3 Å². The molecule has 6 heteroatoms. The van der Waals surface area contributed by atoms with Crippen molar-refractivity contribution >= 4 is 40.7 Å². The normalized spacial score (nSPS) is 10.4. The zero-order valence-electron chi connectivity index (χ0n) is 12.3. The lowest BCUT2D eigenvalue weighted by atomic mass is 10.1. The number of halogens is 2. The summed E-state index contributed by atoms with van der Waals surface area (Å²) >= 11 is 12.1. The van der Waals surface area contributed by atoms with Gasteiger partial charge in [-0.25, -0.2) is 4.98 Å². The standard InChI is InChI=1S/C17H14Cl2N4/c1-20-17-22-15(11-5-3-2-4-6-11)10-16(23-17)21-14-8-7-12(18)9-13(14)19/h2-10H,1H3,(H2,20,21,22,23). The second-order valence-electron chi connectivity index (χ2n) is 4.83. The Hall–Kier alpha value is -2.30. The molecule has 0 spiro atoms. The van der Waals surface area contributed by atoms with Gasteiger partial charge in [0, 0.05) is 23.7 Å². The number of nitrogens with zero attached hydrogens (tertiary/aromatic N) is 2. The van der Waals surface area contributed by atoms with Gasteiger partial charge >= 0.3 is 0 Å². The van der Waals surface area contributed by atoms with Crippen molar-refractivity contribution in [1.29, 1.82) is 0 Å². The molecule has 0 saturated heterocycles. The van der Waals surface area contributed by atoms with E-state index in [4.69, 9.17) is 23.2 Å². The fourth-order valence-corrected chi connectivity index (χ4v) is 2.56. The van der Waals surface area contributed by atoms with Crippen molar-refractivity contribution in [2.75, 3.05) is 17.7 Å². The van der Waals surface area contributed by atoms with Crippen LogP contribution in [0.2, 0.25) is 10.0 Å². The van der Waals surface area contributed by atoms with Gasteiger partial charge in [-0.15, -0.1) is 0 Å². The number of hydrogen-bond acceptors (Lipinski definition) is 4. The van der Waals surface area contributed by atoms with Crippen LogP contribution in [0.5, 0.6) is 0 Å². The number of benzene rings is 2. The molecule has 0 fully saturated rings. The van der Waals surface area contributed by atoms with Gasteiger partial charge in [0.15, 0.2) is 0 Å². The van der Waals surface area contributed by atoms with E-state index in [-0.39, 0.29) is 0 Å². The van der Waals surface area contributed by atoms with Crippen molar-refractivity contribution in [3.05, 3.63) is 64.6 Å². The van der Waals surface area contributed by atoms with Crippen LogP contribution in [0, 0.1) is 0 Å². The maximum atomic E-state index is 6.20. The van der Waals surface area contributed by atoms with Gasteiger partial charge in [-0.2, -0.15) is 4.98 Å². The average Bonchev–Trinajstić information content (AvgIpc) is 2.58. The van der Waals surface area contributed by atoms with E-state index >= 15 is 0 Å².